The number of halogens is 1. The molecule has 1 fully saturated rings. The minimum atomic E-state index is -0.142. The number of morpholine rings is 1. The first-order chi connectivity index (χ1) is 12.0. The summed E-state index contributed by atoms with van der Waals surface area (Å²) in [7, 11) is 0. The fourth-order valence-electron chi connectivity index (χ4n) is 2.45. The third kappa shape index (κ3) is 8.17. The van der Waals surface area contributed by atoms with E-state index in [0.29, 0.717) is 18.3 Å². The second-order valence-corrected chi connectivity index (χ2v) is 7.20. The summed E-state index contributed by atoms with van der Waals surface area (Å²) in [4.78, 5) is 11.4. The van der Waals surface area contributed by atoms with Crippen molar-refractivity contribution in [3.8, 4) is 0 Å². The predicted molar refractivity (Wildman–Crippen MR) is 113 cm³/mol. The SMILES string of the molecule is CCNC(=NCc1noc(C(C)(C)C)n1)NCCCN1CCOCC1.I. The maximum absolute atomic E-state index is 5.37. The van der Waals surface area contributed by atoms with Crippen LogP contribution >= 0.6 is 24.0 Å². The van der Waals surface area contributed by atoms with Gasteiger partial charge in [0.05, 0.1) is 13.2 Å². The summed E-state index contributed by atoms with van der Waals surface area (Å²) in [5, 5.41) is 10.6. The highest BCUT2D eigenvalue weighted by Gasteiger charge is 2.21. The van der Waals surface area contributed by atoms with Crippen LogP contribution in [0.1, 0.15) is 45.8 Å². The summed E-state index contributed by atoms with van der Waals surface area (Å²) in [5.74, 6) is 2.03. The molecular formula is C17H33IN6O2. The smallest absolute Gasteiger partial charge is 0.232 e. The predicted octanol–water partition coefficient (Wildman–Crippen LogP) is 1.76. The summed E-state index contributed by atoms with van der Waals surface area (Å²) < 4.78 is 10.7. The van der Waals surface area contributed by atoms with E-state index >= 15 is 0 Å². The van der Waals surface area contributed by atoms with Crippen molar-refractivity contribution < 1.29 is 9.26 Å². The van der Waals surface area contributed by atoms with Gasteiger partial charge >= 0.3 is 0 Å². The molecule has 1 aromatic heterocycles. The Morgan fingerprint density at radius 2 is 1.96 bits per heavy atom. The molecule has 0 atom stereocenters. The van der Waals surface area contributed by atoms with Crippen LogP contribution in [0, 0.1) is 0 Å². The van der Waals surface area contributed by atoms with Crippen LogP contribution < -0.4 is 10.6 Å². The number of ether oxygens (including phenoxy) is 1. The van der Waals surface area contributed by atoms with Crippen molar-refractivity contribution in [2.75, 3.05) is 45.9 Å². The van der Waals surface area contributed by atoms with E-state index in [-0.39, 0.29) is 29.4 Å². The zero-order chi connectivity index (χ0) is 18.1. The molecule has 0 radical (unpaired) electrons. The molecule has 2 heterocycles. The van der Waals surface area contributed by atoms with Crippen molar-refractivity contribution in [2.24, 2.45) is 4.99 Å². The number of aromatic nitrogens is 2. The fraction of sp³-hybridized carbons (Fsp3) is 0.824. The Balaban J connectivity index is 0.00000338. The summed E-state index contributed by atoms with van der Waals surface area (Å²) in [6, 6.07) is 0. The Morgan fingerprint density at radius 1 is 1.23 bits per heavy atom. The molecule has 0 saturated carbocycles. The third-order valence-electron chi connectivity index (χ3n) is 3.88. The summed E-state index contributed by atoms with van der Waals surface area (Å²) in [6.45, 7) is 15.1. The Labute approximate surface area is 173 Å². The van der Waals surface area contributed by atoms with E-state index in [2.05, 4.69) is 37.6 Å². The van der Waals surface area contributed by atoms with E-state index in [1.807, 2.05) is 20.8 Å². The first kappa shape index (κ1) is 23.1. The second-order valence-electron chi connectivity index (χ2n) is 7.20. The van der Waals surface area contributed by atoms with Crippen molar-refractivity contribution in [3.05, 3.63) is 11.7 Å². The highest BCUT2D eigenvalue weighted by atomic mass is 127. The van der Waals surface area contributed by atoms with E-state index in [4.69, 9.17) is 9.26 Å². The normalized spacial score (nSPS) is 16.2. The van der Waals surface area contributed by atoms with Crippen molar-refractivity contribution >= 4 is 29.9 Å². The Bertz CT molecular complexity index is 538. The minimum absolute atomic E-state index is 0. The van der Waals surface area contributed by atoms with Crippen LogP contribution in [0.3, 0.4) is 0 Å². The average Bonchev–Trinajstić information content (AvgIpc) is 3.07. The van der Waals surface area contributed by atoms with E-state index < -0.39 is 0 Å². The van der Waals surface area contributed by atoms with Gasteiger partial charge in [0.25, 0.3) is 0 Å². The monoisotopic (exact) mass is 480 g/mol. The van der Waals surface area contributed by atoms with Gasteiger partial charge in [0.15, 0.2) is 11.8 Å². The Hall–Kier alpha value is -0.940. The molecule has 26 heavy (non-hydrogen) atoms. The number of nitrogens with one attached hydrogen (secondary N) is 2. The van der Waals surface area contributed by atoms with E-state index in [0.717, 1.165) is 58.3 Å². The van der Waals surface area contributed by atoms with E-state index in [1.54, 1.807) is 0 Å². The molecule has 1 aliphatic heterocycles. The molecule has 0 spiro atoms. The summed E-state index contributed by atoms with van der Waals surface area (Å²) in [5.41, 5.74) is -0.142. The van der Waals surface area contributed by atoms with Crippen LogP contribution in [0.2, 0.25) is 0 Å². The van der Waals surface area contributed by atoms with E-state index in [9.17, 15) is 0 Å². The maximum atomic E-state index is 5.37. The second kappa shape index (κ2) is 11.7. The lowest BCUT2D eigenvalue weighted by Crippen LogP contribution is -2.40. The molecule has 0 unspecified atom stereocenters. The molecule has 0 bridgehead atoms. The average molecular weight is 480 g/mol. The van der Waals surface area contributed by atoms with Crippen molar-refractivity contribution in [1.82, 2.24) is 25.7 Å². The fourth-order valence-corrected chi connectivity index (χ4v) is 2.45. The lowest BCUT2D eigenvalue weighted by Gasteiger charge is -2.26. The third-order valence-corrected chi connectivity index (χ3v) is 3.88. The Morgan fingerprint density at radius 3 is 2.58 bits per heavy atom. The van der Waals surface area contributed by atoms with Gasteiger partial charge in [-0.05, 0) is 19.9 Å². The topological polar surface area (TPSA) is 87.8 Å². The number of guanidine groups is 1. The van der Waals surface area contributed by atoms with Crippen LogP contribution in [0.15, 0.2) is 9.52 Å². The quantitative estimate of drug-likeness (QED) is 0.266. The number of aliphatic imine (C=N–C) groups is 1. The van der Waals surface area contributed by atoms with Crippen LogP contribution in [0.25, 0.3) is 0 Å². The standard InChI is InChI=1S/C17H32N6O2.HI/c1-5-18-16(19-7-6-8-23-9-11-24-12-10-23)20-13-14-21-15(25-22-14)17(2,3)4;/h5-13H2,1-4H3,(H2,18,19,20);1H. The maximum Gasteiger partial charge on any atom is 0.232 e. The lowest BCUT2D eigenvalue weighted by atomic mass is 9.97. The van der Waals surface area contributed by atoms with Gasteiger partial charge in [-0.2, -0.15) is 4.98 Å². The number of hydrogen-bond donors (Lipinski definition) is 2. The molecule has 1 aliphatic rings. The zero-order valence-corrected chi connectivity index (χ0v) is 18.7. The van der Waals surface area contributed by atoms with Gasteiger partial charge in [-0.1, -0.05) is 25.9 Å². The Kier molecular flexibility index (Phi) is 10.4. The molecule has 1 aromatic rings. The zero-order valence-electron chi connectivity index (χ0n) is 16.4. The van der Waals surface area contributed by atoms with Crippen molar-refractivity contribution in [2.45, 2.75) is 46.1 Å². The first-order valence-electron chi connectivity index (χ1n) is 9.14. The van der Waals surface area contributed by atoms with Gasteiger partial charge in [-0.3, -0.25) is 4.90 Å². The molecule has 1 saturated heterocycles. The summed E-state index contributed by atoms with van der Waals surface area (Å²) >= 11 is 0. The molecule has 0 amide bonds. The van der Waals surface area contributed by atoms with Gasteiger partial charge in [0, 0.05) is 31.6 Å². The molecule has 2 rings (SSSR count). The van der Waals surface area contributed by atoms with Gasteiger partial charge in [0.2, 0.25) is 5.89 Å². The summed E-state index contributed by atoms with van der Waals surface area (Å²) in [6.07, 6.45) is 1.07. The van der Waals surface area contributed by atoms with Crippen LogP contribution in [0.5, 0.6) is 0 Å². The van der Waals surface area contributed by atoms with Crippen molar-refractivity contribution in [3.63, 3.8) is 0 Å². The van der Waals surface area contributed by atoms with Crippen LogP contribution in [-0.2, 0) is 16.7 Å². The highest BCUT2D eigenvalue weighted by Crippen LogP contribution is 2.19. The molecular weight excluding hydrogens is 447 g/mol. The van der Waals surface area contributed by atoms with Gasteiger partial charge in [-0.25, -0.2) is 4.99 Å². The molecule has 0 aromatic carbocycles. The molecule has 9 heteroatoms. The van der Waals surface area contributed by atoms with Crippen LogP contribution in [-0.4, -0.2) is 66.9 Å². The van der Waals surface area contributed by atoms with Gasteiger partial charge < -0.3 is 19.9 Å². The molecule has 8 nitrogen and oxygen atoms in total. The number of nitrogens with zero attached hydrogens (tertiary/aromatic N) is 4. The lowest BCUT2D eigenvalue weighted by molar-refractivity contribution is 0.0376. The van der Waals surface area contributed by atoms with Gasteiger partial charge in [-0.15, -0.1) is 24.0 Å². The highest BCUT2D eigenvalue weighted by molar-refractivity contribution is 14.0. The van der Waals surface area contributed by atoms with Crippen LogP contribution in [0.4, 0.5) is 0 Å². The number of hydrogen-bond acceptors (Lipinski definition) is 6. The number of rotatable bonds is 7. The largest absolute Gasteiger partial charge is 0.379 e. The minimum Gasteiger partial charge on any atom is -0.379 e. The molecule has 150 valence electrons. The van der Waals surface area contributed by atoms with Gasteiger partial charge in [0.1, 0.15) is 6.54 Å². The van der Waals surface area contributed by atoms with Crippen molar-refractivity contribution in [1.29, 1.82) is 0 Å². The first-order valence-corrected chi connectivity index (χ1v) is 9.14. The van der Waals surface area contributed by atoms with E-state index in [1.165, 1.54) is 0 Å². The molecule has 0 aliphatic carbocycles. The molecule has 2 N–H and O–H groups in total.